The fraction of sp³-hybridized carbons (Fsp3) is 0.733. The Hall–Kier alpha value is -1.36. The highest BCUT2D eigenvalue weighted by molar-refractivity contribution is 5.54. The normalized spacial score (nSPS) is 32.5. The third kappa shape index (κ3) is 2.14. The Kier molecular flexibility index (Phi) is 3.02. The van der Waals surface area contributed by atoms with Gasteiger partial charge in [-0.05, 0) is 38.1 Å². The van der Waals surface area contributed by atoms with Crippen LogP contribution in [-0.4, -0.2) is 42.4 Å². The van der Waals surface area contributed by atoms with Gasteiger partial charge >= 0.3 is 0 Å². The number of nitrogens with zero attached hydrogens (tertiary/aromatic N) is 3. The summed E-state index contributed by atoms with van der Waals surface area (Å²) >= 11 is 0. The number of hydrogen-bond acceptors (Lipinski definition) is 5. The summed E-state index contributed by atoms with van der Waals surface area (Å²) in [5, 5.41) is 15.4. The lowest BCUT2D eigenvalue weighted by molar-refractivity contribution is 0.438. The summed E-state index contributed by atoms with van der Waals surface area (Å²) in [6.45, 7) is 2.13. The lowest BCUT2D eigenvalue weighted by atomic mass is 9.95. The van der Waals surface area contributed by atoms with Gasteiger partial charge in [0.05, 0.1) is 11.9 Å². The van der Waals surface area contributed by atoms with Crippen molar-refractivity contribution in [3.63, 3.8) is 0 Å². The maximum absolute atomic E-state index is 4.26. The van der Waals surface area contributed by atoms with Gasteiger partial charge in [0.25, 0.3) is 0 Å². The Balaban J connectivity index is 1.41. The number of rotatable bonds is 4. The van der Waals surface area contributed by atoms with E-state index in [2.05, 4.69) is 31.8 Å². The number of fused-ring (bicyclic) bond motifs is 2. The van der Waals surface area contributed by atoms with E-state index in [1.165, 1.54) is 31.4 Å². The third-order valence-corrected chi connectivity index (χ3v) is 5.37. The van der Waals surface area contributed by atoms with Gasteiger partial charge in [-0.2, -0.15) is 5.10 Å². The predicted molar refractivity (Wildman–Crippen MR) is 80.0 cm³/mol. The molecule has 2 aliphatic carbocycles. The monoisotopic (exact) mass is 273 g/mol. The summed E-state index contributed by atoms with van der Waals surface area (Å²) in [7, 11) is 2.02. The average molecular weight is 273 g/mol. The molecular weight excluding hydrogens is 250 g/mol. The zero-order valence-electron chi connectivity index (χ0n) is 12.0. The van der Waals surface area contributed by atoms with Crippen LogP contribution in [0.3, 0.4) is 0 Å². The quantitative estimate of drug-likeness (QED) is 0.870. The molecular formula is C15H23N5. The second-order valence-electron chi connectivity index (χ2n) is 6.62. The Morgan fingerprint density at radius 3 is 2.85 bits per heavy atom. The zero-order chi connectivity index (χ0) is 13.5. The molecule has 2 bridgehead atoms. The molecule has 2 heterocycles. The van der Waals surface area contributed by atoms with Crippen LogP contribution in [0.1, 0.15) is 25.7 Å². The molecule has 0 radical (unpaired) electrons. The Bertz CT molecular complexity index is 485. The smallest absolute Gasteiger partial charge is 0.150 e. The highest BCUT2D eigenvalue weighted by atomic mass is 15.3. The Morgan fingerprint density at radius 2 is 2.15 bits per heavy atom. The number of nitrogens with one attached hydrogen (secondary N) is 2. The van der Waals surface area contributed by atoms with E-state index >= 15 is 0 Å². The first-order valence-electron chi connectivity index (χ1n) is 7.83. The molecule has 5 heteroatoms. The van der Waals surface area contributed by atoms with Crippen LogP contribution in [-0.2, 0) is 0 Å². The second-order valence-corrected chi connectivity index (χ2v) is 6.62. The van der Waals surface area contributed by atoms with Crippen LogP contribution in [0.4, 0.5) is 11.5 Å². The third-order valence-electron chi connectivity index (χ3n) is 5.37. The van der Waals surface area contributed by atoms with Crippen molar-refractivity contribution in [2.75, 3.05) is 30.4 Å². The Morgan fingerprint density at radius 1 is 1.25 bits per heavy atom. The van der Waals surface area contributed by atoms with E-state index < -0.39 is 0 Å². The minimum absolute atomic E-state index is 0.616. The van der Waals surface area contributed by atoms with Crippen LogP contribution in [0, 0.1) is 11.8 Å². The molecule has 20 heavy (non-hydrogen) atoms. The number of anilines is 2. The molecule has 2 saturated carbocycles. The topological polar surface area (TPSA) is 53.1 Å². The van der Waals surface area contributed by atoms with Crippen molar-refractivity contribution in [3.05, 3.63) is 12.3 Å². The van der Waals surface area contributed by atoms with Gasteiger partial charge in [-0.1, -0.05) is 6.42 Å². The van der Waals surface area contributed by atoms with Gasteiger partial charge < -0.3 is 15.5 Å². The van der Waals surface area contributed by atoms with E-state index in [9.17, 15) is 0 Å². The van der Waals surface area contributed by atoms with Crippen LogP contribution < -0.4 is 15.5 Å². The summed E-state index contributed by atoms with van der Waals surface area (Å²) in [6.07, 6.45) is 7.44. The van der Waals surface area contributed by atoms with E-state index in [0.717, 1.165) is 30.7 Å². The van der Waals surface area contributed by atoms with Crippen LogP contribution >= 0.6 is 0 Å². The molecule has 1 saturated heterocycles. The van der Waals surface area contributed by atoms with Gasteiger partial charge in [0, 0.05) is 31.2 Å². The summed E-state index contributed by atoms with van der Waals surface area (Å²) in [5.41, 5.74) is 1.19. The van der Waals surface area contributed by atoms with Crippen LogP contribution in [0.25, 0.3) is 0 Å². The predicted octanol–water partition coefficient (Wildman–Crippen LogP) is 1.49. The summed E-state index contributed by atoms with van der Waals surface area (Å²) in [5.74, 6) is 2.77. The minimum atomic E-state index is 0.616. The van der Waals surface area contributed by atoms with E-state index in [1.54, 1.807) is 0 Å². The molecule has 1 aliphatic heterocycles. The fourth-order valence-corrected chi connectivity index (χ4v) is 4.08. The highest BCUT2D eigenvalue weighted by Gasteiger charge is 2.39. The van der Waals surface area contributed by atoms with Gasteiger partial charge in [-0.15, -0.1) is 5.10 Å². The lowest BCUT2D eigenvalue weighted by Gasteiger charge is -2.40. The largest absolute Gasteiger partial charge is 0.367 e. The standard InChI is InChI=1S/C15H23N5/c1-16-12-8-20(9-12)13-6-15(19-17-7-13)18-14-5-10-2-3-11(14)4-10/h6-7,10-12,14,16H,2-5,8-9H2,1H3,(H,18,19). The second kappa shape index (κ2) is 4.88. The van der Waals surface area contributed by atoms with Crippen molar-refractivity contribution in [1.29, 1.82) is 0 Å². The summed E-state index contributed by atoms with van der Waals surface area (Å²) in [4.78, 5) is 2.35. The van der Waals surface area contributed by atoms with Crippen LogP contribution in [0.5, 0.6) is 0 Å². The van der Waals surface area contributed by atoms with Gasteiger partial charge in [0.2, 0.25) is 0 Å². The van der Waals surface area contributed by atoms with Gasteiger partial charge in [-0.25, -0.2) is 0 Å². The molecule has 2 N–H and O–H groups in total. The molecule has 3 fully saturated rings. The first-order chi connectivity index (χ1) is 9.81. The van der Waals surface area contributed by atoms with E-state index in [4.69, 9.17) is 0 Å². The summed E-state index contributed by atoms with van der Waals surface area (Å²) in [6, 6.07) is 3.40. The van der Waals surface area contributed by atoms with Crippen molar-refractivity contribution < 1.29 is 0 Å². The molecule has 108 valence electrons. The van der Waals surface area contributed by atoms with Gasteiger partial charge in [0.1, 0.15) is 0 Å². The molecule has 5 nitrogen and oxygen atoms in total. The van der Waals surface area contributed by atoms with E-state index in [0.29, 0.717) is 12.1 Å². The van der Waals surface area contributed by atoms with E-state index in [1.807, 2.05) is 13.2 Å². The van der Waals surface area contributed by atoms with Crippen LogP contribution in [0.2, 0.25) is 0 Å². The van der Waals surface area contributed by atoms with Crippen molar-refractivity contribution in [3.8, 4) is 0 Å². The fourth-order valence-electron chi connectivity index (χ4n) is 4.08. The van der Waals surface area contributed by atoms with Crippen LogP contribution in [0.15, 0.2) is 12.3 Å². The molecule has 0 aromatic carbocycles. The molecule has 1 aromatic heterocycles. The minimum Gasteiger partial charge on any atom is -0.367 e. The van der Waals surface area contributed by atoms with Gasteiger partial charge in [0.15, 0.2) is 5.82 Å². The lowest BCUT2D eigenvalue weighted by Crippen LogP contribution is -2.57. The average Bonchev–Trinajstić information content (AvgIpc) is 3.00. The molecule has 1 aromatic rings. The molecule has 3 atom stereocenters. The maximum Gasteiger partial charge on any atom is 0.150 e. The zero-order valence-corrected chi connectivity index (χ0v) is 12.0. The number of likely N-dealkylation sites (N-methyl/N-ethyl adjacent to an activating group) is 1. The van der Waals surface area contributed by atoms with Crippen molar-refractivity contribution in [2.45, 2.75) is 37.8 Å². The van der Waals surface area contributed by atoms with Crippen molar-refractivity contribution in [1.82, 2.24) is 15.5 Å². The first kappa shape index (κ1) is 12.4. The molecule has 3 aliphatic rings. The summed E-state index contributed by atoms with van der Waals surface area (Å²) < 4.78 is 0. The first-order valence-corrected chi connectivity index (χ1v) is 7.83. The highest BCUT2D eigenvalue weighted by Crippen LogP contribution is 2.45. The number of hydrogen-bond donors (Lipinski definition) is 2. The van der Waals surface area contributed by atoms with Crippen molar-refractivity contribution >= 4 is 11.5 Å². The number of aromatic nitrogens is 2. The van der Waals surface area contributed by atoms with E-state index in [-0.39, 0.29) is 0 Å². The molecule has 0 spiro atoms. The Labute approximate surface area is 120 Å². The molecule has 4 rings (SSSR count). The van der Waals surface area contributed by atoms with Crippen molar-refractivity contribution in [2.24, 2.45) is 11.8 Å². The maximum atomic E-state index is 4.26. The SMILES string of the molecule is CNC1CN(c2cnnc(NC3CC4CCC3C4)c2)C1. The molecule has 0 amide bonds. The molecule has 3 unspecified atom stereocenters. The van der Waals surface area contributed by atoms with Gasteiger partial charge in [-0.3, -0.25) is 0 Å².